The molecule has 3 aliphatic carbocycles. The highest BCUT2D eigenvalue weighted by molar-refractivity contribution is 6.23. The number of primary amides is 1. The summed E-state index contributed by atoms with van der Waals surface area (Å²) in [5, 5.41) is 58.6. The molecule has 5 atom stereocenters. The van der Waals surface area contributed by atoms with Gasteiger partial charge in [0.1, 0.15) is 29.2 Å². The highest BCUT2D eigenvalue weighted by Crippen LogP contribution is 2.58. The maximum absolute atomic E-state index is 13.8. The van der Waals surface area contributed by atoms with Gasteiger partial charge < -0.3 is 36.6 Å². The Hall–Kier alpha value is -4.49. The number of ketones is 2. The van der Waals surface area contributed by atoms with Crippen LogP contribution in [0.3, 0.4) is 0 Å². The molecule has 0 saturated heterocycles. The number of amides is 2. The van der Waals surface area contributed by atoms with E-state index in [0.717, 1.165) is 4.57 Å². The van der Waals surface area contributed by atoms with Gasteiger partial charge in [-0.1, -0.05) is 13.0 Å². The molecule has 0 unspecified atom stereocenters. The van der Waals surface area contributed by atoms with Crippen LogP contribution < -0.4 is 11.1 Å². The highest BCUT2D eigenvalue weighted by atomic mass is 16.3. The molecule has 5 rings (SSSR count). The van der Waals surface area contributed by atoms with Gasteiger partial charge in [0.2, 0.25) is 5.78 Å². The van der Waals surface area contributed by atoms with E-state index in [1.807, 2.05) is 0 Å². The average Bonchev–Trinajstić information content (AvgIpc) is 3.39. The van der Waals surface area contributed by atoms with Crippen molar-refractivity contribution in [1.82, 2.24) is 9.55 Å². The Morgan fingerprint density at radius 2 is 1.87 bits per heavy atom. The Bertz CT molecular complexity index is 1500. The molecule has 198 valence electrons. The minimum absolute atomic E-state index is 0.0208. The maximum atomic E-state index is 13.8. The number of phenolic OH excluding ortho intramolecular Hbond substituents is 1. The molecular weight excluding hydrogens is 500 g/mol. The van der Waals surface area contributed by atoms with Crippen molar-refractivity contribution in [2.45, 2.75) is 31.5 Å². The average molecular weight is 524 g/mol. The van der Waals surface area contributed by atoms with Crippen LogP contribution in [0.2, 0.25) is 0 Å². The number of hydrogen-bond acceptors (Lipinski definition) is 10. The second kappa shape index (κ2) is 8.00. The summed E-state index contributed by atoms with van der Waals surface area (Å²) in [6.07, 6.45) is 3.68. The minimum Gasteiger partial charge on any atom is -0.508 e. The topological polar surface area (TPSA) is 225 Å². The number of nitrogens with zero attached hydrogens (tertiary/aromatic N) is 2. The van der Waals surface area contributed by atoms with Gasteiger partial charge in [0, 0.05) is 35.7 Å². The molecule has 1 aromatic carbocycles. The summed E-state index contributed by atoms with van der Waals surface area (Å²) in [6, 6.07) is 1.96. The fourth-order valence-corrected chi connectivity index (χ4v) is 5.90. The van der Waals surface area contributed by atoms with E-state index in [1.165, 1.54) is 44.7 Å². The molecule has 0 bridgehead atoms. The summed E-state index contributed by atoms with van der Waals surface area (Å²) in [5.74, 6) is -9.73. The number of benzene rings is 1. The number of carbonyl (C=O) groups excluding carboxylic acids is 4. The fourth-order valence-electron chi connectivity index (χ4n) is 5.90. The number of aliphatic hydroxyl groups is 4. The van der Waals surface area contributed by atoms with Crippen molar-refractivity contribution in [3.8, 4) is 5.75 Å². The van der Waals surface area contributed by atoms with Gasteiger partial charge >= 0.3 is 6.03 Å². The maximum Gasteiger partial charge on any atom is 0.331 e. The smallest absolute Gasteiger partial charge is 0.331 e. The number of nitrogens with one attached hydrogen (secondary N) is 1. The summed E-state index contributed by atoms with van der Waals surface area (Å²) >= 11 is 0. The third-order valence-electron chi connectivity index (χ3n) is 7.95. The fraction of sp³-hybridized carbons (Fsp3) is 0.320. The van der Waals surface area contributed by atoms with Gasteiger partial charge in [0.05, 0.1) is 16.9 Å². The summed E-state index contributed by atoms with van der Waals surface area (Å²) in [7, 11) is 0. The largest absolute Gasteiger partial charge is 0.508 e. The molecule has 1 saturated carbocycles. The molecular formula is C25H24N4O9. The van der Waals surface area contributed by atoms with Crippen LogP contribution in [0, 0.1) is 17.8 Å². The molecule has 13 heteroatoms. The first-order chi connectivity index (χ1) is 17.7. The minimum atomic E-state index is -2.80. The molecule has 2 aromatic rings. The monoisotopic (exact) mass is 524 g/mol. The first-order valence-electron chi connectivity index (χ1n) is 11.6. The van der Waals surface area contributed by atoms with Crippen molar-refractivity contribution < 1.29 is 44.7 Å². The predicted molar refractivity (Wildman–Crippen MR) is 128 cm³/mol. The second-order valence-electron chi connectivity index (χ2n) is 9.93. The number of nitrogens with two attached hydrogens (primary N) is 1. The van der Waals surface area contributed by atoms with Crippen LogP contribution in [-0.2, 0) is 20.0 Å². The van der Waals surface area contributed by atoms with Crippen LogP contribution in [0.25, 0.3) is 5.76 Å². The van der Waals surface area contributed by atoms with Gasteiger partial charge in [-0.05, 0) is 25.0 Å². The number of anilines is 1. The number of fused-ring (bicyclic) bond motifs is 3. The first kappa shape index (κ1) is 25.2. The number of aromatic hydroxyl groups is 1. The Morgan fingerprint density at radius 3 is 2.47 bits per heavy atom. The van der Waals surface area contributed by atoms with E-state index >= 15 is 0 Å². The lowest BCUT2D eigenvalue weighted by Crippen LogP contribution is -2.62. The molecule has 1 aromatic heterocycles. The van der Waals surface area contributed by atoms with Crippen LogP contribution in [0.5, 0.6) is 5.75 Å². The molecule has 1 heterocycles. The molecule has 2 amide bonds. The Morgan fingerprint density at radius 1 is 1.18 bits per heavy atom. The Kier molecular flexibility index (Phi) is 5.30. The first-order valence-corrected chi connectivity index (χ1v) is 11.6. The zero-order valence-electron chi connectivity index (χ0n) is 20.2. The van der Waals surface area contributed by atoms with Gasteiger partial charge in [0.25, 0.3) is 5.91 Å². The zero-order valence-corrected chi connectivity index (χ0v) is 20.2. The highest BCUT2D eigenvalue weighted by Gasteiger charge is 2.65. The van der Waals surface area contributed by atoms with Crippen LogP contribution in [0.4, 0.5) is 10.5 Å². The molecule has 13 nitrogen and oxygen atoms in total. The van der Waals surface area contributed by atoms with Crippen molar-refractivity contribution in [3.05, 3.63) is 58.9 Å². The number of imidazole rings is 1. The summed E-state index contributed by atoms with van der Waals surface area (Å²) in [6.45, 7) is 2.70. The number of aliphatic hydroxyl groups excluding tert-OH is 2. The molecule has 3 aliphatic rings. The normalized spacial score (nSPS) is 30.5. The van der Waals surface area contributed by atoms with Gasteiger partial charge in [-0.25, -0.2) is 9.78 Å². The third kappa shape index (κ3) is 3.08. The third-order valence-corrected chi connectivity index (χ3v) is 7.95. The van der Waals surface area contributed by atoms with Gasteiger partial charge in [0.15, 0.2) is 11.4 Å². The van der Waals surface area contributed by atoms with Crippen molar-refractivity contribution in [3.63, 3.8) is 0 Å². The zero-order chi connectivity index (χ0) is 27.9. The summed E-state index contributed by atoms with van der Waals surface area (Å²) in [4.78, 5) is 54.7. The van der Waals surface area contributed by atoms with E-state index in [-0.39, 0.29) is 23.2 Å². The lowest BCUT2D eigenvalue weighted by atomic mass is 9.53. The Labute approximate surface area is 214 Å². The van der Waals surface area contributed by atoms with Gasteiger partial charge in [-0.2, -0.15) is 0 Å². The predicted octanol–water partition coefficient (Wildman–Crippen LogP) is 0.612. The van der Waals surface area contributed by atoms with E-state index in [2.05, 4.69) is 10.3 Å². The molecule has 38 heavy (non-hydrogen) atoms. The van der Waals surface area contributed by atoms with E-state index in [4.69, 9.17) is 5.73 Å². The quantitative estimate of drug-likeness (QED) is 0.214. The van der Waals surface area contributed by atoms with Gasteiger partial charge in [-0.3, -0.25) is 19.0 Å². The van der Waals surface area contributed by atoms with Crippen molar-refractivity contribution >= 4 is 35.0 Å². The van der Waals surface area contributed by atoms with E-state index in [1.54, 1.807) is 0 Å². The summed E-state index contributed by atoms with van der Waals surface area (Å²) < 4.78 is 1.08. The number of phenols is 1. The van der Waals surface area contributed by atoms with Gasteiger partial charge in [-0.15, -0.1) is 0 Å². The molecule has 0 spiro atoms. The van der Waals surface area contributed by atoms with E-state index in [0.29, 0.717) is 0 Å². The lowest BCUT2D eigenvalue weighted by Gasteiger charge is -2.51. The standard InChI is InChI=1S/C25H24N4O9/c1-9-11-7-12-15(20(33)25(11,38)21(34)16(17(9)30)22(26)35)19(32)14-10(24(12,2)37)3-4-13(18(14)31)28-23(36)29-6-5-27-8-29/h3-6,8-9,11-12,31-32,34,37-38H,7H2,1-2H3,(H2,26,35)(H,28,36)/t9-,11-,12-,24+,25-/m0/s1. The van der Waals surface area contributed by atoms with Crippen molar-refractivity contribution in [2.24, 2.45) is 23.5 Å². The van der Waals surface area contributed by atoms with Crippen molar-refractivity contribution in [1.29, 1.82) is 0 Å². The number of hydrogen-bond donors (Lipinski definition) is 7. The molecule has 0 radical (unpaired) electrons. The number of aromatic nitrogens is 2. The van der Waals surface area contributed by atoms with Crippen LogP contribution in [-0.4, -0.2) is 64.2 Å². The molecule has 0 aliphatic heterocycles. The number of rotatable bonds is 2. The Balaban J connectivity index is 1.69. The second-order valence-corrected chi connectivity index (χ2v) is 9.93. The van der Waals surface area contributed by atoms with Crippen LogP contribution >= 0.6 is 0 Å². The van der Waals surface area contributed by atoms with E-state index in [9.17, 15) is 44.7 Å². The van der Waals surface area contributed by atoms with Crippen LogP contribution in [0.1, 0.15) is 31.4 Å². The SMILES string of the molecule is C[C@@H]1C(=O)C(C(N)=O)=C(O)[C@@]2(O)C(=O)C3=C(O)c4c(ccc(NC(=O)n5ccnc5)c4O)[C@@](C)(O)[C@H]3C[C@@H]12. The molecule has 1 fully saturated rings. The number of carbonyl (C=O) groups is 4. The van der Waals surface area contributed by atoms with E-state index < -0.39 is 80.9 Å². The lowest BCUT2D eigenvalue weighted by molar-refractivity contribution is -0.157. The summed E-state index contributed by atoms with van der Waals surface area (Å²) in [5.41, 5.74) is -1.43. The molecule has 8 N–H and O–H groups in total. The number of Topliss-reactive ketones (excluding diaryl/α,β-unsaturated/α-hetero) is 2. The van der Waals surface area contributed by atoms with Crippen molar-refractivity contribution in [2.75, 3.05) is 5.32 Å². The van der Waals surface area contributed by atoms with Crippen LogP contribution in [0.15, 0.2) is 47.8 Å².